The molecule has 0 heterocycles. The van der Waals surface area contributed by atoms with E-state index < -0.39 is 0 Å². The van der Waals surface area contributed by atoms with Gasteiger partial charge < -0.3 is 16.0 Å². The van der Waals surface area contributed by atoms with Crippen LogP contribution in [0, 0.1) is 0 Å². The van der Waals surface area contributed by atoms with Crippen molar-refractivity contribution in [3.05, 3.63) is 29.3 Å². The Labute approximate surface area is 89.0 Å². The lowest BCUT2D eigenvalue weighted by molar-refractivity contribution is 0.318. The number of phenolic OH excluding ortho intramolecular Hbond substituents is 1. The highest BCUT2D eigenvalue weighted by atomic mass is 16.4. The third-order valence-electron chi connectivity index (χ3n) is 2.25. The largest absolute Gasteiger partial charge is 0.507 e. The molecule has 0 aliphatic heterocycles. The summed E-state index contributed by atoms with van der Waals surface area (Å²) in [7, 11) is 0. The van der Waals surface area contributed by atoms with E-state index in [0.29, 0.717) is 5.56 Å². The number of benzene rings is 1. The van der Waals surface area contributed by atoms with Crippen molar-refractivity contribution in [3.63, 3.8) is 0 Å². The summed E-state index contributed by atoms with van der Waals surface area (Å²) in [6, 6.07) is 5.13. The minimum Gasteiger partial charge on any atom is -0.507 e. The number of aromatic hydroxyl groups is 1. The van der Waals surface area contributed by atoms with Crippen LogP contribution in [0.1, 0.15) is 31.9 Å². The van der Waals surface area contributed by atoms with Gasteiger partial charge in [0, 0.05) is 0 Å². The van der Waals surface area contributed by atoms with Gasteiger partial charge in [-0.25, -0.2) is 0 Å². The van der Waals surface area contributed by atoms with E-state index in [1.54, 1.807) is 12.1 Å². The van der Waals surface area contributed by atoms with E-state index in [1.807, 2.05) is 26.8 Å². The summed E-state index contributed by atoms with van der Waals surface area (Å²) in [6.45, 7) is 6.14. The molecular formula is C11H16N2O2. The van der Waals surface area contributed by atoms with Crippen LogP contribution in [0.25, 0.3) is 0 Å². The van der Waals surface area contributed by atoms with E-state index in [4.69, 9.17) is 10.9 Å². The van der Waals surface area contributed by atoms with Gasteiger partial charge in [0.2, 0.25) is 0 Å². The summed E-state index contributed by atoms with van der Waals surface area (Å²) in [5, 5.41) is 21.0. The average Bonchev–Trinajstić information content (AvgIpc) is 2.15. The van der Waals surface area contributed by atoms with Crippen LogP contribution in [0.15, 0.2) is 23.4 Å². The molecule has 0 unspecified atom stereocenters. The van der Waals surface area contributed by atoms with Crippen LogP contribution in [0.4, 0.5) is 0 Å². The molecule has 0 aromatic heterocycles. The fourth-order valence-electron chi connectivity index (χ4n) is 1.27. The maximum atomic E-state index is 9.68. The van der Waals surface area contributed by atoms with Gasteiger partial charge in [0.05, 0.1) is 5.56 Å². The van der Waals surface area contributed by atoms with E-state index in [9.17, 15) is 5.11 Å². The summed E-state index contributed by atoms with van der Waals surface area (Å²) < 4.78 is 0. The summed E-state index contributed by atoms with van der Waals surface area (Å²) in [5.41, 5.74) is 6.69. The van der Waals surface area contributed by atoms with Crippen LogP contribution in [0.5, 0.6) is 5.75 Å². The molecule has 0 aliphatic rings. The Morgan fingerprint density at radius 1 is 1.33 bits per heavy atom. The minimum atomic E-state index is -0.0899. The van der Waals surface area contributed by atoms with Gasteiger partial charge >= 0.3 is 0 Å². The standard InChI is InChI=1S/C11H16N2O2/c1-11(2,3)7-4-5-8(9(14)6-7)10(12)13-15/h4-6,14-15H,1-3H3,(H2,12,13). The third kappa shape index (κ3) is 2.40. The zero-order chi connectivity index (χ0) is 11.6. The fraction of sp³-hybridized carbons (Fsp3) is 0.364. The maximum absolute atomic E-state index is 9.68. The number of nitrogens with zero attached hydrogens (tertiary/aromatic N) is 1. The van der Waals surface area contributed by atoms with Gasteiger partial charge in [-0.1, -0.05) is 32.0 Å². The van der Waals surface area contributed by atoms with Crippen LogP contribution in [0.2, 0.25) is 0 Å². The van der Waals surface area contributed by atoms with Crippen LogP contribution < -0.4 is 5.73 Å². The highest BCUT2D eigenvalue weighted by Crippen LogP contribution is 2.27. The molecule has 0 saturated carbocycles. The van der Waals surface area contributed by atoms with Gasteiger partial charge in [-0.3, -0.25) is 0 Å². The first-order valence-corrected chi connectivity index (χ1v) is 4.67. The van der Waals surface area contributed by atoms with Crippen molar-refractivity contribution in [2.45, 2.75) is 26.2 Å². The predicted octanol–water partition coefficient (Wildman–Crippen LogP) is 1.78. The molecule has 0 atom stereocenters. The lowest BCUT2D eigenvalue weighted by atomic mass is 9.86. The minimum absolute atomic E-state index is 0.0257. The topological polar surface area (TPSA) is 78.8 Å². The molecule has 4 nitrogen and oxygen atoms in total. The predicted molar refractivity (Wildman–Crippen MR) is 59.3 cm³/mol. The summed E-state index contributed by atoms with van der Waals surface area (Å²) in [5.74, 6) is -0.0642. The van der Waals surface area contributed by atoms with Crippen molar-refractivity contribution in [3.8, 4) is 5.75 Å². The number of nitrogens with two attached hydrogens (primary N) is 1. The average molecular weight is 208 g/mol. The first-order valence-electron chi connectivity index (χ1n) is 4.67. The molecule has 4 N–H and O–H groups in total. The van der Waals surface area contributed by atoms with Gasteiger partial charge in [-0.05, 0) is 23.1 Å². The molecule has 0 spiro atoms. The molecule has 82 valence electrons. The number of rotatable bonds is 1. The molecule has 0 amide bonds. The molecule has 1 aromatic rings. The fourth-order valence-corrected chi connectivity index (χ4v) is 1.27. The smallest absolute Gasteiger partial charge is 0.173 e. The molecule has 0 bridgehead atoms. The van der Waals surface area contributed by atoms with Crippen molar-refractivity contribution >= 4 is 5.84 Å². The van der Waals surface area contributed by atoms with Crippen LogP contribution in [0.3, 0.4) is 0 Å². The van der Waals surface area contributed by atoms with E-state index in [1.165, 1.54) is 0 Å². The van der Waals surface area contributed by atoms with Crippen LogP contribution in [-0.4, -0.2) is 16.1 Å². The molecule has 4 heteroatoms. The second kappa shape index (κ2) is 3.81. The van der Waals surface area contributed by atoms with Gasteiger partial charge in [0.1, 0.15) is 5.75 Å². The summed E-state index contributed by atoms with van der Waals surface area (Å²) in [6.07, 6.45) is 0. The van der Waals surface area contributed by atoms with Crippen LogP contribution in [-0.2, 0) is 5.41 Å². The Hall–Kier alpha value is -1.71. The highest BCUT2D eigenvalue weighted by Gasteiger charge is 2.16. The molecule has 1 rings (SSSR count). The monoisotopic (exact) mass is 208 g/mol. The second-order valence-corrected chi connectivity index (χ2v) is 4.47. The normalized spacial score (nSPS) is 12.9. The quantitative estimate of drug-likeness (QED) is 0.285. The molecule has 0 aliphatic carbocycles. The van der Waals surface area contributed by atoms with Crippen molar-refractivity contribution in [2.24, 2.45) is 10.9 Å². The Balaban J connectivity index is 3.21. The highest BCUT2D eigenvalue weighted by molar-refractivity contribution is 5.99. The van der Waals surface area contributed by atoms with Gasteiger partial charge in [-0.15, -0.1) is 0 Å². The van der Waals surface area contributed by atoms with Crippen molar-refractivity contribution in [1.29, 1.82) is 0 Å². The van der Waals surface area contributed by atoms with E-state index in [0.717, 1.165) is 5.56 Å². The molecule has 0 fully saturated rings. The Morgan fingerprint density at radius 3 is 2.33 bits per heavy atom. The van der Waals surface area contributed by atoms with Crippen molar-refractivity contribution in [2.75, 3.05) is 0 Å². The van der Waals surface area contributed by atoms with Gasteiger partial charge in [0.15, 0.2) is 5.84 Å². The maximum Gasteiger partial charge on any atom is 0.173 e. The zero-order valence-corrected chi connectivity index (χ0v) is 9.15. The molecule has 0 radical (unpaired) electrons. The van der Waals surface area contributed by atoms with E-state index in [-0.39, 0.29) is 17.0 Å². The van der Waals surface area contributed by atoms with Crippen molar-refractivity contribution < 1.29 is 10.3 Å². The zero-order valence-electron chi connectivity index (χ0n) is 9.15. The van der Waals surface area contributed by atoms with Gasteiger partial charge in [0.25, 0.3) is 0 Å². The second-order valence-electron chi connectivity index (χ2n) is 4.47. The summed E-state index contributed by atoms with van der Waals surface area (Å²) in [4.78, 5) is 0. The lowest BCUT2D eigenvalue weighted by Crippen LogP contribution is -2.15. The number of hydrogen-bond acceptors (Lipinski definition) is 3. The SMILES string of the molecule is CC(C)(C)c1ccc(/C(N)=N/O)c(O)c1. The Bertz CT molecular complexity index is 392. The molecule has 15 heavy (non-hydrogen) atoms. The molecule has 0 saturated heterocycles. The van der Waals surface area contributed by atoms with E-state index >= 15 is 0 Å². The Morgan fingerprint density at radius 2 is 1.93 bits per heavy atom. The van der Waals surface area contributed by atoms with Gasteiger partial charge in [-0.2, -0.15) is 0 Å². The summed E-state index contributed by atoms with van der Waals surface area (Å²) >= 11 is 0. The number of hydrogen-bond donors (Lipinski definition) is 3. The van der Waals surface area contributed by atoms with Crippen LogP contribution >= 0.6 is 0 Å². The first-order chi connectivity index (χ1) is 6.86. The first kappa shape index (κ1) is 11.4. The molecular weight excluding hydrogens is 192 g/mol. The number of phenols is 1. The number of amidine groups is 1. The molecule has 1 aromatic carbocycles. The number of oxime groups is 1. The Kier molecular flexibility index (Phi) is 2.88. The van der Waals surface area contributed by atoms with Crippen molar-refractivity contribution in [1.82, 2.24) is 0 Å². The third-order valence-corrected chi connectivity index (χ3v) is 2.25. The van der Waals surface area contributed by atoms with E-state index in [2.05, 4.69) is 5.16 Å². The lowest BCUT2D eigenvalue weighted by Gasteiger charge is -2.19.